The molecule has 1 heterocycles. The highest BCUT2D eigenvalue weighted by molar-refractivity contribution is 7.92. The number of ether oxygens (including phenoxy) is 1. The van der Waals surface area contributed by atoms with Gasteiger partial charge >= 0.3 is 6.61 Å². The number of hydrogen-bond donors (Lipinski definition) is 2. The molecule has 0 radical (unpaired) electrons. The number of hydrogen-bond acceptors (Lipinski definition) is 5. The van der Waals surface area contributed by atoms with Gasteiger partial charge in [0.25, 0.3) is 0 Å². The lowest BCUT2D eigenvalue weighted by Gasteiger charge is -2.34. The smallest absolute Gasteiger partial charge is 0.387 e. The summed E-state index contributed by atoms with van der Waals surface area (Å²) in [6.45, 7) is -2.02. The summed E-state index contributed by atoms with van der Waals surface area (Å²) in [7, 11) is -3.59. The average molecular weight is 399 g/mol. The van der Waals surface area contributed by atoms with Gasteiger partial charge in [-0.2, -0.15) is 8.78 Å². The van der Waals surface area contributed by atoms with E-state index >= 15 is 0 Å². The fourth-order valence-electron chi connectivity index (χ4n) is 2.77. The normalized spacial score (nSPS) is 16.8. The molecule has 0 bridgehead atoms. The molecule has 1 saturated heterocycles. The van der Waals surface area contributed by atoms with E-state index in [1.165, 1.54) is 18.2 Å². The number of piperidine rings is 1. The number of sulfone groups is 1. The zero-order valence-corrected chi connectivity index (χ0v) is 15.3. The van der Waals surface area contributed by atoms with Gasteiger partial charge in [0.05, 0.1) is 0 Å². The molecule has 1 fully saturated rings. The highest BCUT2D eigenvalue weighted by Crippen LogP contribution is 2.28. The van der Waals surface area contributed by atoms with Gasteiger partial charge in [-0.15, -0.1) is 12.4 Å². The van der Waals surface area contributed by atoms with Crippen LogP contribution in [-0.2, 0) is 21.2 Å². The first-order valence-corrected chi connectivity index (χ1v) is 9.36. The molecule has 1 aromatic rings. The first kappa shape index (κ1) is 21.6. The van der Waals surface area contributed by atoms with Crippen molar-refractivity contribution in [1.82, 2.24) is 10.6 Å². The summed E-state index contributed by atoms with van der Waals surface area (Å²) in [5.74, 6) is -0.580. The molecule has 1 aliphatic heterocycles. The van der Waals surface area contributed by atoms with Crippen molar-refractivity contribution >= 4 is 28.2 Å². The summed E-state index contributed by atoms with van der Waals surface area (Å²) in [4.78, 5) is 12.5. The van der Waals surface area contributed by atoms with Gasteiger partial charge in [0.15, 0.2) is 14.6 Å². The SMILES string of the molecule is CS(=O)(=O)C1(C(=O)NCc2cccc(OC(F)F)c2)CCNCC1.Cl. The summed E-state index contributed by atoms with van der Waals surface area (Å²) in [5, 5.41) is 5.64. The number of alkyl halides is 2. The second-order valence-electron chi connectivity index (χ2n) is 5.73. The molecule has 6 nitrogen and oxygen atoms in total. The van der Waals surface area contributed by atoms with Crippen LogP contribution < -0.4 is 15.4 Å². The Balaban J connectivity index is 0.00000312. The minimum absolute atomic E-state index is 0. The van der Waals surface area contributed by atoms with Crippen LogP contribution in [-0.4, -0.2) is 45.0 Å². The molecule has 10 heteroatoms. The number of rotatable bonds is 6. The molecule has 0 atom stereocenters. The van der Waals surface area contributed by atoms with Crippen molar-refractivity contribution in [2.24, 2.45) is 0 Å². The van der Waals surface area contributed by atoms with Crippen LogP contribution >= 0.6 is 12.4 Å². The van der Waals surface area contributed by atoms with Crippen molar-refractivity contribution in [2.45, 2.75) is 30.7 Å². The molecule has 142 valence electrons. The van der Waals surface area contributed by atoms with Crippen LogP contribution in [0.25, 0.3) is 0 Å². The Kier molecular flexibility index (Phi) is 7.58. The molecule has 0 spiro atoms. The zero-order valence-electron chi connectivity index (χ0n) is 13.6. The summed E-state index contributed by atoms with van der Waals surface area (Å²) in [6.07, 6.45) is 1.47. The average Bonchev–Trinajstić information content (AvgIpc) is 2.52. The van der Waals surface area contributed by atoms with E-state index in [0.717, 1.165) is 6.26 Å². The van der Waals surface area contributed by atoms with Crippen LogP contribution in [0.3, 0.4) is 0 Å². The topological polar surface area (TPSA) is 84.5 Å². The van der Waals surface area contributed by atoms with Crippen LogP contribution in [0.2, 0.25) is 0 Å². The molecule has 25 heavy (non-hydrogen) atoms. The third-order valence-corrected chi connectivity index (χ3v) is 6.12. The maximum Gasteiger partial charge on any atom is 0.387 e. The molecule has 1 amide bonds. The Morgan fingerprint density at radius 3 is 2.56 bits per heavy atom. The van der Waals surface area contributed by atoms with Crippen LogP contribution in [0.15, 0.2) is 24.3 Å². The summed E-state index contributed by atoms with van der Waals surface area (Å²) in [6, 6.07) is 5.91. The van der Waals surface area contributed by atoms with Crippen molar-refractivity contribution in [3.05, 3.63) is 29.8 Å². The maximum absolute atomic E-state index is 12.5. The van der Waals surface area contributed by atoms with E-state index in [2.05, 4.69) is 15.4 Å². The number of carbonyl (C=O) groups excluding carboxylic acids is 1. The lowest BCUT2D eigenvalue weighted by molar-refractivity contribution is -0.124. The number of nitrogens with one attached hydrogen (secondary N) is 2. The monoisotopic (exact) mass is 398 g/mol. The summed E-state index contributed by atoms with van der Waals surface area (Å²) < 4.78 is 51.6. The third-order valence-electron chi connectivity index (χ3n) is 4.11. The number of carbonyl (C=O) groups is 1. The van der Waals surface area contributed by atoms with Crippen molar-refractivity contribution in [3.63, 3.8) is 0 Å². The zero-order chi connectivity index (χ0) is 17.8. The van der Waals surface area contributed by atoms with Crippen molar-refractivity contribution in [1.29, 1.82) is 0 Å². The molecule has 0 aliphatic carbocycles. The predicted octanol–water partition coefficient (Wildman–Crippen LogP) is 1.49. The summed E-state index contributed by atoms with van der Waals surface area (Å²) in [5.41, 5.74) is 0.541. The quantitative estimate of drug-likeness (QED) is 0.758. The predicted molar refractivity (Wildman–Crippen MR) is 91.8 cm³/mol. The Hall–Kier alpha value is -1.45. The number of amides is 1. The van der Waals surface area contributed by atoms with Gasteiger partial charge in [-0.05, 0) is 43.6 Å². The largest absolute Gasteiger partial charge is 0.435 e. The van der Waals surface area contributed by atoms with Crippen LogP contribution in [0.5, 0.6) is 5.75 Å². The van der Waals surface area contributed by atoms with E-state index in [1.807, 2.05) is 0 Å². The second-order valence-corrected chi connectivity index (χ2v) is 8.05. The van der Waals surface area contributed by atoms with Crippen LogP contribution in [0.4, 0.5) is 8.78 Å². The molecule has 2 rings (SSSR count). The Morgan fingerprint density at radius 1 is 1.36 bits per heavy atom. The maximum atomic E-state index is 12.5. The molecule has 1 aromatic carbocycles. The van der Waals surface area contributed by atoms with Crippen LogP contribution in [0.1, 0.15) is 18.4 Å². The Morgan fingerprint density at radius 2 is 2.00 bits per heavy atom. The minimum Gasteiger partial charge on any atom is -0.435 e. The van der Waals surface area contributed by atoms with Gasteiger partial charge in [-0.1, -0.05) is 12.1 Å². The van der Waals surface area contributed by atoms with Gasteiger partial charge in [0, 0.05) is 12.8 Å². The van der Waals surface area contributed by atoms with Gasteiger partial charge < -0.3 is 15.4 Å². The molecule has 2 N–H and O–H groups in total. The fraction of sp³-hybridized carbons (Fsp3) is 0.533. The van der Waals surface area contributed by atoms with E-state index < -0.39 is 27.1 Å². The fourth-order valence-corrected chi connectivity index (χ4v) is 4.13. The second kappa shape index (κ2) is 8.77. The van der Waals surface area contributed by atoms with Gasteiger partial charge in [0.2, 0.25) is 5.91 Å². The van der Waals surface area contributed by atoms with E-state index in [1.54, 1.807) is 6.07 Å². The van der Waals surface area contributed by atoms with Crippen molar-refractivity contribution in [2.75, 3.05) is 19.3 Å². The molecule has 0 saturated carbocycles. The Labute approximate surface area is 151 Å². The van der Waals surface area contributed by atoms with Crippen molar-refractivity contribution in [3.8, 4) is 5.75 Å². The lowest BCUT2D eigenvalue weighted by Crippen LogP contribution is -2.57. The molecular formula is C15H21ClF2N2O4S. The lowest BCUT2D eigenvalue weighted by atomic mass is 9.95. The first-order valence-electron chi connectivity index (χ1n) is 7.47. The summed E-state index contributed by atoms with van der Waals surface area (Å²) >= 11 is 0. The highest BCUT2D eigenvalue weighted by Gasteiger charge is 2.48. The van der Waals surface area contributed by atoms with E-state index in [9.17, 15) is 22.0 Å². The van der Waals surface area contributed by atoms with Crippen molar-refractivity contribution < 1.29 is 26.7 Å². The third kappa shape index (κ3) is 5.26. The van der Waals surface area contributed by atoms with E-state index in [0.29, 0.717) is 18.7 Å². The molecule has 0 aromatic heterocycles. The molecule has 1 aliphatic rings. The molecule has 0 unspecified atom stereocenters. The first-order chi connectivity index (χ1) is 11.2. The van der Waals surface area contributed by atoms with Gasteiger partial charge in [0.1, 0.15) is 5.75 Å². The van der Waals surface area contributed by atoms with E-state index in [-0.39, 0.29) is 37.5 Å². The van der Waals surface area contributed by atoms with Gasteiger partial charge in [-0.3, -0.25) is 4.79 Å². The van der Waals surface area contributed by atoms with E-state index in [4.69, 9.17) is 0 Å². The Bertz CT molecular complexity index is 695. The standard InChI is InChI=1S/C15H20F2N2O4S.ClH/c1-24(21,22)15(5-7-18-8-6-15)13(20)19-10-11-3-2-4-12(9-11)23-14(16)17;/h2-4,9,14,18H,5-8,10H2,1H3,(H,19,20);1H. The molecular weight excluding hydrogens is 378 g/mol. The highest BCUT2D eigenvalue weighted by atomic mass is 35.5. The van der Waals surface area contributed by atoms with Crippen LogP contribution in [0, 0.1) is 0 Å². The number of benzene rings is 1. The minimum atomic E-state index is -3.59. The van der Waals surface area contributed by atoms with Gasteiger partial charge in [-0.25, -0.2) is 8.42 Å². The number of halogens is 3.